The first-order chi connectivity index (χ1) is 13.4. The first-order valence-corrected chi connectivity index (χ1v) is 9.86. The lowest BCUT2D eigenvalue weighted by molar-refractivity contribution is 0.365. The number of nitrogens with zero attached hydrogens (tertiary/aromatic N) is 4. The largest absolute Gasteiger partial charge is 0.443 e. The number of guanidine groups is 1. The SMILES string of the molecule is CCNC(=NCc1ncc(C(C)(C)C)o1)N1CCN(c2ccccc2F)CC1.I. The van der Waals surface area contributed by atoms with Crippen molar-refractivity contribution in [2.75, 3.05) is 37.6 Å². The Balaban J connectivity index is 0.00000300. The van der Waals surface area contributed by atoms with Crippen LogP contribution >= 0.6 is 24.0 Å². The smallest absolute Gasteiger partial charge is 0.216 e. The van der Waals surface area contributed by atoms with Gasteiger partial charge < -0.3 is 19.5 Å². The van der Waals surface area contributed by atoms with E-state index in [9.17, 15) is 4.39 Å². The summed E-state index contributed by atoms with van der Waals surface area (Å²) < 4.78 is 19.9. The molecule has 0 unspecified atom stereocenters. The zero-order valence-corrected chi connectivity index (χ0v) is 19.9. The highest BCUT2D eigenvalue weighted by Crippen LogP contribution is 2.23. The molecule has 2 heterocycles. The molecule has 0 spiro atoms. The van der Waals surface area contributed by atoms with E-state index in [0.717, 1.165) is 44.4 Å². The molecular formula is C21H31FIN5O. The van der Waals surface area contributed by atoms with Gasteiger partial charge in [0.2, 0.25) is 5.89 Å². The van der Waals surface area contributed by atoms with Crippen LogP contribution in [0.15, 0.2) is 39.9 Å². The summed E-state index contributed by atoms with van der Waals surface area (Å²) in [6.45, 7) is 12.6. The molecule has 2 aromatic rings. The van der Waals surface area contributed by atoms with Gasteiger partial charge in [-0.15, -0.1) is 24.0 Å². The Morgan fingerprint density at radius 2 is 1.90 bits per heavy atom. The van der Waals surface area contributed by atoms with Gasteiger partial charge in [0, 0.05) is 38.1 Å². The molecule has 0 bridgehead atoms. The van der Waals surface area contributed by atoms with E-state index in [2.05, 4.69) is 40.9 Å². The third kappa shape index (κ3) is 6.07. The first kappa shape index (κ1) is 23.4. The van der Waals surface area contributed by atoms with E-state index in [1.54, 1.807) is 12.3 Å². The standard InChI is InChI=1S/C21H30FN5O.HI/c1-5-23-20(25-15-19-24-14-18(28-19)21(2,3)4)27-12-10-26(11-13-27)17-9-7-6-8-16(17)22;/h6-9,14H,5,10-13,15H2,1-4H3,(H,23,25);1H. The molecule has 8 heteroatoms. The quantitative estimate of drug-likeness (QED) is 0.379. The number of hydrogen-bond donors (Lipinski definition) is 1. The molecular weight excluding hydrogens is 484 g/mol. The summed E-state index contributed by atoms with van der Waals surface area (Å²) in [4.78, 5) is 13.3. The van der Waals surface area contributed by atoms with Crippen molar-refractivity contribution in [2.24, 2.45) is 4.99 Å². The number of oxazole rings is 1. The normalized spacial score (nSPS) is 15.3. The highest BCUT2D eigenvalue weighted by Gasteiger charge is 2.22. The van der Waals surface area contributed by atoms with E-state index in [1.165, 1.54) is 6.07 Å². The fraction of sp³-hybridized carbons (Fsp3) is 0.524. The Kier molecular flexibility index (Phi) is 8.30. The van der Waals surface area contributed by atoms with Crippen molar-refractivity contribution in [1.29, 1.82) is 0 Å². The number of hydrogen-bond acceptors (Lipinski definition) is 4. The molecule has 1 aromatic heterocycles. The van der Waals surface area contributed by atoms with E-state index in [1.807, 2.05) is 19.1 Å². The van der Waals surface area contributed by atoms with Crippen LogP contribution in [0.4, 0.5) is 10.1 Å². The van der Waals surface area contributed by atoms with Crippen LogP contribution in [-0.4, -0.2) is 48.6 Å². The minimum atomic E-state index is -0.171. The van der Waals surface area contributed by atoms with E-state index in [-0.39, 0.29) is 35.2 Å². The number of para-hydroxylation sites is 1. The second-order valence-electron chi connectivity index (χ2n) is 7.96. The van der Waals surface area contributed by atoms with Crippen molar-refractivity contribution in [1.82, 2.24) is 15.2 Å². The average molecular weight is 515 g/mol. The van der Waals surface area contributed by atoms with Gasteiger partial charge in [-0.25, -0.2) is 14.4 Å². The highest BCUT2D eigenvalue weighted by atomic mass is 127. The summed E-state index contributed by atoms with van der Waals surface area (Å²) in [7, 11) is 0. The van der Waals surface area contributed by atoms with E-state index >= 15 is 0 Å². The number of rotatable bonds is 4. The minimum absolute atomic E-state index is 0. The summed E-state index contributed by atoms with van der Waals surface area (Å²) in [5.74, 6) is 2.15. The first-order valence-electron chi connectivity index (χ1n) is 9.86. The van der Waals surface area contributed by atoms with Crippen molar-refractivity contribution >= 4 is 35.6 Å². The number of anilines is 1. The Morgan fingerprint density at radius 1 is 1.21 bits per heavy atom. The maximum absolute atomic E-state index is 14.0. The van der Waals surface area contributed by atoms with E-state index < -0.39 is 0 Å². The highest BCUT2D eigenvalue weighted by molar-refractivity contribution is 14.0. The van der Waals surface area contributed by atoms with Crippen LogP contribution in [0, 0.1) is 5.82 Å². The number of aliphatic imine (C=N–C) groups is 1. The van der Waals surface area contributed by atoms with Crippen molar-refractivity contribution in [3.63, 3.8) is 0 Å². The van der Waals surface area contributed by atoms with Crippen molar-refractivity contribution in [2.45, 2.75) is 39.7 Å². The van der Waals surface area contributed by atoms with Gasteiger partial charge in [-0.05, 0) is 19.1 Å². The fourth-order valence-corrected chi connectivity index (χ4v) is 3.17. The maximum atomic E-state index is 14.0. The van der Waals surface area contributed by atoms with Gasteiger partial charge in [-0.3, -0.25) is 0 Å². The molecule has 0 aliphatic carbocycles. The minimum Gasteiger partial charge on any atom is -0.443 e. The molecule has 0 atom stereocenters. The van der Waals surface area contributed by atoms with Gasteiger partial charge in [0.1, 0.15) is 18.1 Å². The second-order valence-corrected chi connectivity index (χ2v) is 7.96. The van der Waals surface area contributed by atoms with Crippen molar-refractivity contribution in [3.05, 3.63) is 47.9 Å². The van der Waals surface area contributed by atoms with Gasteiger partial charge in [0.15, 0.2) is 5.96 Å². The number of aromatic nitrogens is 1. The molecule has 3 rings (SSSR count). The van der Waals surface area contributed by atoms with Crippen LogP contribution in [0.25, 0.3) is 0 Å². The predicted octanol–water partition coefficient (Wildman–Crippen LogP) is 4.02. The molecule has 160 valence electrons. The summed E-state index contributed by atoms with van der Waals surface area (Å²) in [6.07, 6.45) is 1.78. The van der Waals surface area contributed by atoms with Crippen LogP contribution in [0.3, 0.4) is 0 Å². The van der Waals surface area contributed by atoms with Gasteiger partial charge >= 0.3 is 0 Å². The average Bonchev–Trinajstić information content (AvgIpc) is 3.15. The zero-order chi connectivity index (χ0) is 20.1. The van der Waals surface area contributed by atoms with Gasteiger partial charge in [-0.2, -0.15) is 0 Å². The number of nitrogens with one attached hydrogen (secondary N) is 1. The molecule has 0 radical (unpaired) electrons. The van der Waals surface area contributed by atoms with E-state index in [4.69, 9.17) is 9.41 Å². The molecule has 1 aromatic carbocycles. The third-order valence-corrected chi connectivity index (χ3v) is 4.76. The topological polar surface area (TPSA) is 56.9 Å². The molecule has 1 aliphatic heterocycles. The van der Waals surface area contributed by atoms with Gasteiger partial charge in [0.05, 0.1) is 11.9 Å². The van der Waals surface area contributed by atoms with Gasteiger partial charge in [-0.1, -0.05) is 32.9 Å². The lowest BCUT2D eigenvalue weighted by Crippen LogP contribution is -2.52. The van der Waals surface area contributed by atoms with Crippen molar-refractivity contribution < 1.29 is 8.81 Å². The molecule has 1 saturated heterocycles. The second kappa shape index (κ2) is 10.3. The number of piperazine rings is 1. The molecule has 1 N–H and O–H groups in total. The molecule has 1 aliphatic rings. The number of halogens is 2. The van der Waals surface area contributed by atoms with E-state index in [0.29, 0.717) is 18.1 Å². The number of benzene rings is 1. The summed E-state index contributed by atoms with van der Waals surface area (Å²) >= 11 is 0. The maximum Gasteiger partial charge on any atom is 0.216 e. The monoisotopic (exact) mass is 515 g/mol. The summed E-state index contributed by atoms with van der Waals surface area (Å²) in [5.41, 5.74) is 0.598. The summed E-state index contributed by atoms with van der Waals surface area (Å²) in [5, 5.41) is 3.34. The lowest BCUT2D eigenvalue weighted by Gasteiger charge is -2.37. The zero-order valence-electron chi connectivity index (χ0n) is 17.6. The van der Waals surface area contributed by atoms with Crippen LogP contribution < -0.4 is 10.2 Å². The van der Waals surface area contributed by atoms with Crippen LogP contribution in [-0.2, 0) is 12.0 Å². The molecule has 0 amide bonds. The van der Waals surface area contributed by atoms with Crippen LogP contribution in [0.2, 0.25) is 0 Å². The van der Waals surface area contributed by atoms with Crippen molar-refractivity contribution in [3.8, 4) is 0 Å². The van der Waals surface area contributed by atoms with Gasteiger partial charge in [0.25, 0.3) is 0 Å². The molecule has 29 heavy (non-hydrogen) atoms. The Labute approximate surface area is 189 Å². The van der Waals surface area contributed by atoms with Crippen LogP contribution in [0.5, 0.6) is 0 Å². The molecule has 0 saturated carbocycles. The lowest BCUT2D eigenvalue weighted by atomic mass is 9.94. The Morgan fingerprint density at radius 3 is 2.48 bits per heavy atom. The third-order valence-electron chi connectivity index (χ3n) is 4.76. The van der Waals surface area contributed by atoms with Crippen LogP contribution in [0.1, 0.15) is 39.3 Å². The molecule has 1 fully saturated rings. The fourth-order valence-electron chi connectivity index (χ4n) is 3.17. The summed E-state index contributed by atoms with van der Waals surface area (Å²) in [6, 6.07) is 6.94. The predicted molar refractivity (Wildman–Crippen MR) is 126 cm³/mol. The molecule has 6 nitrogen and oxygen atoms in total. The Hall–Kier alpha value is -1.84. The Bertz CT molecular complexity index is 809.